The van der Waals surface area contributed by atoms with Crippen molar-refractivity contribution in [1.82, 2.24) is 0 Å². The number of anilines is 2. The SMILES string of the molecule is O=S(=O)(O)c1cc(O)c2c(N=Nc3ccc(Nc4ccccc4)c4c(S(=O)(=O)O)cccc34)cc(S(=O)(=O)O)cc2c1.[Na]. The van der Waals surface area contributed by atoms with Crippen LogP contribution in [0.25, 0.3) is 21.5 Å². The van der Waals surface area contributed by atoms with Crippen molar-refractivity contribution in [3.8, 4) is 5.75 Å². The van der Waals surface area contributed by atoms with Gasteiger partial charge in [-0.05, 0) is 53.9 Å². The zero-order valence-electron chi connectivity index (χ0n) is 21.9. The molecule has 0 unspecified atom stereocenters. The van der Waals surface area contributed by atoms with Gasteiger partial charge in [0.2, 0.25) is 0 Å². The van der Waals surface area contributed by atoms with Gasteiger partial charge in [-0.25, -0.2) is 0 Å². The smallest absolute Gasteiger partial charge is 0.295 e. The zero-order chi connectivity index (χ0) is 30.4. The van der Waals surface area contributed by atoms with Crippen molar-refractivity contribution in [3.63, 3.8) is 0 Å². The van der Waals surface area contributed by atoms with Gasteiger partial charge < -0.3 is 10.4 Å². The molecule has 5 N–H and O–H groups in total. The Kier molecular flexibility index (Phi) is 8.99. The maximum absolute atomic E-state index is 12.3. The van der Waals surface area contributed by atoms with Crippen LogP contribution < -0.4 is 5.32 Å². The van der Waals surface area contributed by atoms with Gasteiger partial charge in [0.05, 0.1) is 26.6 Å². The van der Waals surface area contributed by atoms with Crippen molar-refractivity contribution in [3.05, 3.63) is 84.9 Å². The molecule has 17 heteroatoms. The van der Waals surface area contributed by atoms with Crippen molar-refractivity contribution in [1.29, 1.82) is 0 Å². The average Bonchev–Trinajstić information content (AvgIpc) is 2.90. The quantitative estimate of drug-likeness (QED) is 0.0871. The molecule has 0 aliphatic carbocycles. The van der Waals surface area contributed by atoms with Crippen LogP contribution in [0, 0.1) is 0 Å². The predicted octanol–water partition coefficient (Wildman–Crippen LogP) is 5.22. The van der Waals surface area contributed by atoms with E-state index in [9.17, 15) is 44.0 Å². The van der Waals surface area contributed by atoms with Crippen molar-refractivity contribution in [2.24, 2.45) is 10.2 Å². The number of hydrogen-bond donors (Lipinski definition) is 5. The van der Waals surface area contributed by atoms with Crippen LogP contribution in [0.4, 0.5) is 22.7 Å². The number of phenolic OH excluding ortho intramolecular Hbond substituents is 1. The van der Waals surface area contributed by atoms with E-state index >= 15 is 0 Å². The molecule has 5 rings (SSSR count). The van der Waals surface area contributed by atoms with Gasteiger partial charge in [0.25, 0.3) is 30.4 Å². The number of azo groups is 1. The van der Waals surface area contributed by atoms with Crippen LogP contribution >= 0.6 is 0 Å². The Hall–Kier alpha value is -3.45. The van der Waals surface area contributed by atoms with E-state index in [1.807, 2.05) is 0 Å². The first-order valence-electron chi connectivity index (χ1n) is 11.7. The van der Waals surface area contributed by atoms with Gasteiger partial charge in [0.1, 0.15) is 10.6 Å². The average molecular weight is 653 g/mol. The molecule has 0 aliphatic heterocycles. The Labute approximate surface area is 267 Å². The number of aromatic hydroxyl groups is 1. The van der Waals surface area contributed by atoms with Gasteiger partial charge in [-0.2, -0.15) is 25.3 Å². The molecule has 0 aromatic heterocycles. The number of para-hydroxylation sites is 1. The van der Waals surface area contributed by atoms with Crippen molar-refractivity contribution in [2.75, 3.05) is 5.32 Å². The minimum atomic E-state index is -4.85. The van der Waals surface area contributed by atoms with Crippen LogP contribution in [-0.4, -0.2) is 73.6 Å². The number of nitrogens with zero attached hydrogens (tertiary/aromatic N) is 2. The van der Waals surface area contributed by atoms with E-state index in [0.717, 1.165) is 24.3 Å². The van der Waals surface area contributed by atoms with Gasteiger partial charge in [-0.15, -0.1) is 10.2 Å². The van der Waals surface area contributed by atoms with E-state index in [4.69, 9.17) is 0 Å². The molecule has 0 heterocycles. The maximum Gasteiger partial charge on any atom is 0.295 e. The molecule has 13 nitrogen and oxygen atoms in total. The second-order valence-corrected chi connectivity index (χ2v) is 13.1. The van der Waals surface area contributed by atoms with Gasteiger partial charge in [-0.1, -0.05) is 30.3 Å². The van der Waals surface area contributed by atoms with Crippen LogP contribution in [0.1, 0.15) is 0 Å². The second-order valence-electron chi connectivity index (χ2n) is 8.91. The first kappa shape index (κ1) is 32.5. The third-order valence-corrected chi connectivity index (χ3v) is 8.68. The van der Waals surface area contributed by atoms with Gasteiger partial charge in [0, 0.05) is 57.8 Å². The molecule has 5 aromatic carbocycles. The summed E-state index contributed by atoms with van der Waals surface area (Å²) in [6.45, 7) is 0. The van der Waals surface area contributed by atoms with Gasteiger partial charge in [0.15, 0.2) is 0 Å². The molecule has 0 amide bonds. The molecular formula is C26H19N3NaO10S3. The standard InChI is InChI=1S/C26H19N3O10S3.Na/c30-23-14-18(41(34,35)36)12-15-11-17(40(31,32)33)13-22(25(15)23)29-28-20-9-10-21(27-16-5-2-1-3-6-16)26-19(20)7-4-8-24(26)42(37,38)39;/h1-14,27,30H,(H,31,32,33)(H,34,35,36)(H,37,38,39);. The molecule has 1 radical (unpaired) electrons. The van der Waals surface area contributed by atoms with Crippen molar-refractivity contribution >= 4 is 104 Å². The predicted molar refractivity (Wildman–Crippen MR) is 159 cm³/mol. The van der Waals surface area contributed by atoms with Gasteiger partial charge >= 0.3 is 0 Å². The third-order valence-electron chi connectivity index (χ3n) is 6.13. The molecule has 0 fully saturated rings. The minimum Gasteiger partial charge on any atom is -0.507 e. The Bertz CT molecular complexity index is 2260. The molecule has 0 aliphatic rings. The molecule has 217 valence electrons. The molecule has 0 atom stereocenters. The summed E-state index contributed by atoms with van der Waals surface area (Å²) in [5.74, 6) is -0.697. The fraction of sp³-hybridized carbons (Fsp3) is 0. The monoisotopic (exact) mass is 652 g/mol. The van der Waals surface area contributed by atoms with E-state index in [1.165, 1.54) is 30.3 Å². The normalized spacial score (nSPS) is 12.4. The summed E-state index contributed by atoms with van der Waals surface area (Å²) in [5.41, 5.74) is 0.669. The van der Waals surface area contributed by atoms with E-state index in [1.54, 1.807) is 30.3 Å². The fourth-order valence-corrected chi connectivity index (χ4v) is 6.14. The molecule has 43 heavy (non-hydrogen) atoms. The van der Waals surface area contributed by atoms with Crippen molar-refractivity contribution in [2.45, 2.75) is 14.7 Å². The minimum absolute atomic E-state index is 0. The summed E-state index contributed by atoms with van der Waals surface area (Å²) >= 11 is 0. The van der Waals surface area contributed by atoms with Crippen LogP contribution in [0.2, 0.25) is 0 Å². The number of benzene rings is 5. The van der Waals surface area contributed by atoms with Crippen LogP contribution in [0.15, 0.2) is 110 Å². The second kappa shape index (κ2) is 11.9. The van der Waals surface area contributed by atoms with Crippen LogP contribution in [-0.2, 0) is 30.4 Å². The number of hydrogen-bond acceptors (Lipinski definition) is 10. The Morgan fingerprint density at radius 1 is 0.605 bits per heavy atom. The summed E-state index contributed by atoms with van der Waals surface area (Å²) < 4.78 is 101. The van der Waals surface area contributed by atoms with E-state index < -0.39 is 50.8 Å². The molecule has 0 bridgehead atoms. The first-order chi connectivity index (χ1) is 19.6. The topological polar surface area (TPSA) is 220 Å². The van der Waals surface area contributed by atoms with E-state index in [2.05, 4.69) is 15.5 Å². The molecule has 0 spiro atoms. The van der Waals surface area contributed by atoms with E-state index in [-0.39, 0.29) is 62.5 Å². The Morgan fingerprint density at radius 2 is 1.21 bits per heavy atom. The summed E-state index contributed by atoms with van der Waals surface area (Å²) in [4.78, 5) is -1.88. The third kappa shape index (κ3) is 6.87. The first-order valence-corrected chi connectivity index (χ1v) is 16.0. The van der Waals surface area contributed by atoms with Crippen molar-refractivity contribution < 1.29 is 44.0 Å². The zero-order valence-corrected chi connectivity index (χ0v) is 26.4. The largest absolute Gasteiger partial charge is 0.507 e. The number of rotatable bonds is 7. The molecule has 0 saturated heterocycles. The van der Waals surface area contributed by atoms with Gasteiger partial charge in [-0.3, -0.25) is 13.7 Å². The number of phenols is 1. The summed E-state index contributed by atoms with van der Waals surface area (Å²) in [6, 6.07) is 19.2. The number of fused-ring (bicyclic) bond motifs is 2. The Morgan fingerprint density at radius 3 is 1.81 bits per heavy atom. The summed E-state index contributed by atoms with van der Waals surface area (Å²) in [5, 5.41) is 21.7. The van der Waals surface area contributed by atoms with Crippen LogP contribution in [0.5, 0.6) is 5.75 Å². The number of nitrogens with one attached hydrogen (secondary N) is 1. The van der Waals surface area contributed by atoms with Crippen LogP contribution in [0.3, 0.4) is 0 Å². The molecule has 5 aromatic rings. The fourth-order valence-electron chi connectivity index (χ4n) is 4.34. The summed E-state index contributed by atoms with van der Waals surface area (Å²) in [7, 11) is -14.4. The Balaban J connectivity index is 0.00000423. The summed E-state index contributed by atoms with van der Waals surface area (Å²) in [6.07, 6.45) is 0. The van der Waals surface area contributed by atoms with E-state index in [0.29, 0.717) is 11.4 Å². The maximum atomic E-state index is 12.3. The molecule has 0 saturated carbocycles. The molecular weight excluding hydrogens is 633 g/mol.